The molecule has 1 unspecified atom stereocenters. The van der Waals surface area contributed by atoms with Crippen molar-refractivity contribution in [1.29, 1.82) is 0 Å². The monoisotopic (exact) mass is 565 g/mol. The second-order valence-corrected chi connectivity index (χ2v) is 10.2. The third-order valence-electron chi connectivity index (χ3n) is 5.91. The van der Waals surface area contributed by atoms with Crippen molar-refractivity contribution < 1.29 is 23.9 Å². The number of amides is 2. The van der Waals surface area contributed by atoms with E-state index in [2.05, 4.69) is 5.32 Å². The van der Waals surface area contributed by atoms with Gasteiger partial charge in [0.2, 0.25) is 11.8 Å². The number of hydrogen-bond donors (Lipinski definition) is 1. The van der Waals surface area contributed by atoms with E-state index in [0.717, 1.165) is 11.3 Å². The summed E-state index contributed by atoms with van der Waals surface area (Å²) in [4.78, 5) is 44.7. The summed E-state index contributed by atoms with van der Waals surface area (Å²) in [6.07, 6.45) is 0.622. The summed E-state index contributed by atoms with van der Waals surface area (Å²) in [5.74, 6) is -0.172. The van der Waals surface area contributed by atoms with E-state index >= 15 is 0 Å². The molecule has 8 nitrogen and oxygen atoms in total. The number of esters is 1. The molecule has 1 heterocycles. The molecule has 3 aromatic carbocycles. The van der Waals surface area contributed by atoms with Gasteiger partial charge >= 0.3 is 5.97 Å². The van der Waals surface area contributed by atoms with Crippen molar-refractivity contribution in [2.24, 2.45) is 4.99 Å². The Hall–Kier alpha value is -3.82. The van der Waals surface area contributed by atoms with Crippen LogP contribution in [0.25, 0.3) is 0 Å². The van der Waals surface area contributed by atoms with Crippen molar-refractivity contribution in [2.75, 3.05) is 25.6 Å². The van der Waals surface area contributed by atoms with Gasteiger partial charge in [-0.15, -0.1) is 0 Å². The van der Waals surface area contributed by atoms with Gasteiger partial charge in [-0.1, -0.05) is 41.6 Å². The first-order valence-electron chi connectivity index (χ1n) is 12.4. The number of carbonyl (C=O) groups is 3. The molecule has 1 N–H and O–H groups in total. The van der Waals surface area contributed by atoms with Crippen LogP contribution < -0.4 is 10.1 Å². The number of rotatable bonds is 9. The quantitative estimate of drug-likeness (QED) is 0.333. The normalized spacial score (nSPS) is 16.2. The number of nitrogens with one attached hydrogen (secondary N) is 1. The second-order valence-electron chi connectivity index (χ2n) is 8.62. The van der Waals surface area contributed by atoms with E-state index in [4.69, 9.17) is 26.1 Å². The van der Waals surface area contributed by atoms with E-state index in [1.165, 1.54) is 11.8 Å². The molecule has 0 aromatic heterocycles. The van der Waals surface area contributed by atoms with Gasteiger partial charge in [0.15, 0.2) is 5.17 Å². The maximum Gasteiger partial charge on any atom is 0.338 e. The number of nitrogens with zero attached hydrogens (tertiary/aromatic N) is 2. The summed E-state index contributed by atoms with van der Waals surface area (Å²) in [5.41, 5.74) is 2.54. The summed E-state index contributed by atoms with van der Waals surface area (Å²) in [7, 11) is 1.61. The molecule has 1 aliphatic heterocycles. The topological polar surface area (TPSA) is 97.3 Å². The lowest BCUT2D eigenvalue weighted by molar-refractivity contribution is -0.129. The molecule has 0 spiro atoms. The van der Waals surface area contributed by atoms with Gasteiger partial charge in [-0.3, -0.25) is 14.5 Å². The van der Waals surface area contributed by atoms with Crippen molar-refractivity contribution in [1.82, 2.24) is 4.90 Å². The molecule has 1 saturated heterocycles. The number of benzene rings is 3. The molecule has 1 aliphatic rings. The number of methoxy groups -OCH3 is 1. The lowest BCUT2D eigenvalue weighted by atomic mass is 10.1. The lowest BCUT2D eigenvalue weighted by Gasteiger charge is -2.32. The fraction of sp³-hybridized carbons (Fsp3) is 0.241. The third-order valence-corrected chi connectivity index (χ3v) is 7.33. The average Bonchev–Trinajstić information content (AvgIpc) is 2.93. The Balaban J connectivity index is 1.55. The molecule has 0 aliphatic carbocycles. The first-order valence-corrected chi connectivity index (χ1v) is 13.6. The van der Waals surface area contributed by atoms with Crippen LogP contribution in [0.15, 0.2) is 77.8 Å². The number of hydrogen-bond acceptors (Lipinski definition) is 7. The van der Waals surface area contributed by atoms with Gasteiger partial charge in [0.05, 0.1) is 25.0 Å². The summed E-state index contributed by atoms with van der Waals surface area (Å²) in [6.45, 7) is 2.42. The molecule has 0 bridgehead atoms. The van der Waals surface area contributed by atoms with Crippen LogP contribution in [0.1, 0.15) is 29.3 Å². The highest BCUT2D eigenvalue weighted by Crippen LogP contribution is 2.30. The molecule has 10 heteroatoms. The van der Waals surface area contributed by atoms with Crippen molar-refractivity contribution >= 4 is 57.7 Å². The second kappa shape index (κ2) is 13.3. The van der Waals surface area contributed by atoms with Crippen LogP contribution in [-0.2, 0) is 20.7 Å². The number of anilines is 1. The van der Waals surface area contributed by atoms with Crippen molar-refractivity contribution in [3.05, 3.63) is 88.9 Å². The highest BCUT2D eigenvalue weighted by molar-refractivity contribution is 8.15. The van der Waals surface area contributed by atoms with Gasteiger partial charge in [0, 0.05) is 23.7 Å². The zero-order chi connectivity index (χ0) is 27.8. The fourth-order valence-electron chi connectivity index (χ4n) is 3.88. The summed E-state index contributed by atoms with van der Waals surface area (Å²) in [6, 6.07) is 21.1. The Morgan fingerprint density at radius 2 is 1.85 bits per heavy atom. The van der Waals surface area contributed by atoms with Gasteiger partial charge < -0.3 is 14.8 Å². The summed E-state index contributed by atoms with van der Waals surface area (Å²) in [5, 5.41) is 3.08. The molecule has 4 rings (SSSR count). The van der Waals surface area contributed by atoms with E-state index in [-0.39, 0.29) is 24.8 Å². The zero-order valence-electron chi connectivity index (χ0n) is 21.6. The molecule has 39 heavy (non-hydrogen) atoms. The number of thioether (sulfide) groups is 1. The standard InChI is InChI=1S/C29H28ClN3O5S/c1-3-38-28(36)20-9-11-22(12-10-20)32-29-33(16-15-19-7-13-24(37-2)14-8-19)26(34)18-25(39-29)27(35)31-23-6-4-5-21(30)17-23/h4-14,17,25H,3,15-16,18H2,1-2H3,(H,31,35). The number of amidine groups is 1. The van der Waals surface area contributed by atoms with Gasteiger partial charge in [-0.25, -0.2) is 9.79 Å². The Labute approximate surface area is 236 Å². The minimum atomic E-state index is -0.675. The van der Waals surface area contributed by atoms with E-state index in [1.54, 1.807) is 67.5 Å². The van der Waals surface area contributed by atoms with Crippen LogP contribution >= 0.6 is 23.4 Å². The molecule has 2 amide bonds. The number of aliphatic imine (C=N–C) groups is 1. The lowest BCUT2D eigenvalue weighted by Crippen LogP contribution is -2.46. The average molecular weight is 566 g/mol. The SMILES string of the molecule is CCOC(=O)c1ccc(N=C2SC(C(=O)Nc3cccc(Cl)c3)CC(=O)N2CCc2ccc(OC)cc2)cc1. The minimum absolute atomic E-state index is 0.0283. The predicted octanol–water partition coefficient (Wildman–Crippen LogP) is 5.73. The third kappa shape index (κ3) is 7.61. The van der Waals surface area contributed by atoms with Gasteiger partial charge in [0.25, 0.3) is 0 Å². The van der Waals surface area contributed by atoms with Gasteiger partial charge in [0.1, 0.15) is 11.0 Å². The van der Waals surface area contributed by atoms with Crippen LogP contribution in [0.3, 0.4) is 0 Å². The molecule has 1 fully saturated rings. The van der Waals surface area contributed by atoms with Gasteiger partial charge in [-0.2, -0.15) is 0 Å². The number of halogens is 1. The van der Waals surface area contributed by atoms with E-state index in [1.807, 2.05) is 24.3 Å². The minimum Gasteiger partial charge on any atom is -0.497 e. The molecular weight excluding hydrogens is 538 g/mol. The zero-order valence-corrected chi connectivity index (χ0v) is 23.1. The molecule has 0 saturated carbocycles. The first kappa shape index (κ1) is 28.2. The Morgan fingerprint density at radius 1 is 1.10 bits per heavy atom. The fourth-order valence-corrected chi connectivity index (χ4v) is 5.20. The summed E-state index contributed by atoms with van der Waals surface area (Å²) >= 11 is 7.28. The van der Waals surface area contributed by atoms with Crippen molar-refractivity contribution in [3.8, 4) is 5.75 Å². The predicted molar refractivity (Wildman–Crippen MR) is 154 cm³/mol. The van der Waals surface area contributed by atoms with E-state index < -0.39 is 11.2 Å². The van der Waals surface area contributed by atoms with Crippen molar-refractivity contribution in [3.63, 3.8) is 0 Å². The Kier molecular flexibility index (Phi) is 9.62. The molecule has 202 valence electrons. The first-order chi connectivity index (χ1) is 18.9. The molecule has 0 radical (unpaired) electrons. The maximum absolute atomic E-state index is 13.3. The van der Waals surface area contributed by atoms with Crippen molar-refractivity contribution in [2.45, 2.75) is 25.0 Å². The molecular formula is C29H28ClN3O5S. The molecule has 3 aromatic rings. The molecule has 1 atom stereocenters. The Bertz CT molecular complexity index is 1360. The van der Waals surface area contributed by atoms with Crippen LogP contribution in [0.2, 0.25) is 5.02 Å². The van der Waals surface area contributed by atoms with E-state index in [0.29, 0.717) is 40.1 Å². The largest absolute Gasteiger partial charge is 0.497 e. The number of carbonyl (C=O) groups excluding carboxylic acids is 3. The van der Waals surface area contributed by atoms with E-state index in [9.17, 15) is 14.4 Å². The Morgan fingerprint density at radius 3 is 2.51 bits per heavy atom. The van der Waals surface area contributed by atoms with Crippen LogP contribution in [0.4, 0.5) is 11.4 Å². The van der Waals surface area contributed by atoms with Crippen LogP contribution in [-0.4, -0.2) is 53.4 Å². The smallest absolute Gasteiger partial charge is 0.338 e. The summed E-state index contributed by atoms with van der Waals surface area (Å²) < 4.78 is 10.3. The maximum atomic E-state index is 13.3. The number of ether oxygens (including phenoxy) is 2. The highest BCUT2D eigenvalue weighted by atomic mass is 35.5. The van der Waals surface area contributed by atoms with Gasteiger partial charge in [-0.05, 0) is 73.5 Å². The van der Waals surface area contributed by atoms with Crippen LogP contribution in [0, 0.1) is 0 Å². The highest BCUT2D eigenvalue weighted by Gasteiger charge is 2.35. The van der Waals surface area contributed by atoms with Crippen LogP contribution in [0.5, 0.6) is 5.75 Å².